The topological polar surface area (TPSA) is 63.3 Å². The fourth-order valence-electron chi connectivity index (χ4n) is 3.61. The number of hydrogen-bond acceptors (Lipinski definition) is 2. The molecule has 0 fully saturated rings. The van der Waals surface area contributed by atoms with E-state index in [0.29, 0.717) is 0 Å². The molecule has 3 nitrogen and oxygen atoms in total. The van der Waals surface area contributed by atoms with Gasteiger partial charge in [-0.1, -0.05) is 123 Å². The maximum Gasteiger partial charge on any atom is 1.00 e. The van der Waals surface area contributed by atoms with Crippen molar-refractivity contribution in [3.05, 3.63) is 0 Å². The minimum absolute atomic E-state index is 0. The van der Waals surface area contributed by atoms with Crippen LogP contribution in [0.5, 0.6) is 0 Å². The van der Waals surface area contributed by atoms with E-state index in [-0.39, 0.29) is 36.9 Å². The zero-order valence-corrected chi connectivity index (χ0v) is 20.8. The van der Waals surface area contributed by atoms with Crippen molar-refractivity contribution < 1.29 is 40.9 Å². The Balaban J connectivity index is -0.00000312. The van der Waals surface area contributed by atoms with Gasteiger partial charge < -0.3 is 12.3 Å². The average Bonchev–Trinajstić information content (AvgIpc) is 2.63. The third-order valence-electron chi connectivity index (χ3n) is 5.66. The summed E-state index contributed by atoms with van der Waals surface area (Å²) in [5.74, 6) is -0.784. The molecule has 0 aromatic carbocycles. The molecule has 3 N–H and O–H groups in total. The monoisotopic (exact) mass is 393 g/mol. The van der Waals surface area contributed by atoms with Crippen molar-refractivity contribution in [3.63, 3.8) is 0 Å². The number of rotatable bonds is 20. The van der Waals surface area contributed by atoms with E-state index < -0.39 is 12.0 Å². The molecule has 1 unspecified atom stereocenters. The summed E-state index contributed by atoms with van der Waals surface area (Å²) in [4.78, 5) is 10.8. The quantitative estimate of drug-likeness (QED) is 0.241. The summed E-state index contributed by atoms with van der Waals surface area (Å²) in [6.07, 6.45) is 24.3. The first-order valence-electron chi connectivity index (χ1n) is 11.6. The summed E-state index contributed by atoms with van der Waals surface area (Å²) in [5.41, 5.74) is 5.63. The average molecular weight is 394 g/mol. The number of aliphatic carboxylic acids is 1. The number of carboxylic acid groups (broad SMARTS) is 1. The summed E-state index contributed by atoms with van der Waals surface area (Å²) in [6.45, 7) is 4.23. The second-order valence-corrected chi connectivity index (χ2v) is 8.29. The fourth-order valence-corrected chi connectivity index (χ4v) is 3.61. The molecule has 0 aliphatic heterocycles. The van der Waals surface area contributed by atoms with Crippen LogP contribution in [0.4, 0.5) is 0 Å². The molecule has 0 heterocycles. The van der Waals surface area contributed by atoms with E-state index in [9.17, 15) is 4.79 Å². The third-order valence-corrected chi connectivity index (χ3v) is 5.66. The maximum absolute atomic E-state index is 10.8. The van der Waals surface area contributed by atoms with Gasteiger partial charge >= 0.3 is 35.5 Å². The smallest absolute Gasteiger partial charge is 1.00 e. The van der Waals surface area contributed by atoms with Crippen molar-refractivity contribution in [1.82, 2.24) is 0 Å². The van der Waals surface area contributed by atoms with Crippen LogP contribution in [0.1, 0.15) is 131 Å². The van der Waals surface area contributed by atoms with E-state index in [1.807, 2.05) is 6.92 Å². The molecule has 0 spiro atoms. The van der Waals surface area contributed by atoms with Gasteiger partial charge in [-0.2, -0.15) is 0 Å². The van der Waals surface area contributed by atoms with Crippen LogP contribution in [0, 0.1) is 5.92 Å². The van der Waals surface area contributed by atoms with Gasteiger partial charge in [-0.25, -0.2) is 0 Å². The van der Waals surface area contributed by atoms with Crippen LogP contribution >= 0.6 is 0 Å². The Bertz CT molecular complexity index is 319. The third kappa shape index (κ3) is 21.0. The van der Waals surface area contributed by atoms with Gasteiger partial charge in [0.05, 0.1) is 0 Å². The Morgan fingerprint density at radius 3 is 1.33 bits per heavy atom. The van der Waals surface area contributed by atoms with Gasteiger partial charge in [-0.05, 0) is 12.3 Å². The van der Waals surface area contributed by atoms with Crippen LogP contribution in [0.3, 0.4) is 0 Å². The molecule has 0 rings (SSSR count). The van der Waals surface area contributed by atoms with Crippen molar-refractivity contribution in [2.24, 2.45) is 11.7 Å². The van der Waals surface area contributed by atoms with Gasteiger partial charge in [0.15, 0.2) is 0 Å². The number of carboxylic acids is 1. The molecule has 0 saturated heterocycles. The van der Waals surface area contributed by atoms with Crippen molar-refractivity contribution >= 4 is 5.97 Å². The van der Waals surface area contributed by atoms with Crippen molar-refractivity contribution in [3.8, 4) is 0 Å². The Morgan fingerprint density at radius 2 is 1.04 bits per heavy atom. The number of nitrogens with two attached hydrogens (primary N) is 1. The van der Waals surface area contributed by atoms with Crippen LogP contribution < -0.4 is 35.3 Å². The molecule has 2 atom stereocenters. The second-order valence-electron chi connectivity index (χ2n) is 8.29. The molecule has 0 aliphatic carbocycles. The summed E-state index contributed by atoms with van der Waals surface area (Å²) >= 11 is 0. The summed E-state index contributed by atoms with van der Waals surface area (Å²) in [7, 11) is 0. The van der Waals surface area contributed by atoms with Crippen molar-refractivity contribution in [1.29, 1.82) is 0 Å². The van der Waals surface area contributed by atoms with Crippen LogP contribution in [-0.2, 0) is 4.79 Å². The number of carbonyl (C=O) groups is 1. The molecule has 4 heteroatoms. The minimum atomic E-state index is -0.871. The fraction of sp³-hybridized carbons (Fsp3) is 0.957. The molecule has 0 amide bonds. The minimum Gasteiger partial charge on any atom is -1.00 e. The Hall–Kier alpha value is 0.430. The predicted molar refractivity (Wildman–Crippen MR) is 115 cm³/mol. The van der Waals surface area contributed by atoms with Gasteiger partial charge in [0.2, 0.25) is 0 Å². The summed E-state index contributed by atoms with van der Waals surface area (Å²) in [5, 5.41) is 8.87. The first-order valence-corrected chi connectivity index (χ1v) is 11.6. The van der Waals surface area contributed by atoms with Crippen LogP contribution in [0.15, 0.2) is 0 Å². The van der Waals surface area contributed by atoms with Gasteiger partial charge in [-0.15, -0.1) is 0 Å². The number of hydrogen-bond donors (Lipinski definition) is 2. The summed E-state index contributed by atoms with van der Waals surface area (Å²) < 4.78 is 0. The van der Waals surface area contributed by atoms with Gasteiger partial charge in [-0.3, -0.25) is 4.79 Å². The van der Waals surface area contributed by atoms with Gasteiger partial charge in [0, 0.05) is 0 Å². The van der Waals surface area contributed by atoms with E-state index in [1.54, 1.807) is 0 Å². The molecule has 0 radical (unpaired) electrons. The van der Waals surface area contributed by atoms with Crippen LogP contribution in [0.2, 0.25) is 0 Å². The summed E-state index contributed by atoms with van der Waals surface area (Å²) in [6, 6.07) is -0.698. The second kappa shape index (κ2) is 22.7. The molecule has 0 aromatic heterocycles. The van der Waals surface area contributed by atoms with E-state index in [1.165, 1.54) is 103 Å². The van der Waals surface area contributed by atoms with Crippen molar-refractivity contribution in [2.75, 3.05) is 0 Å². The molecule has 27 heavy (non-hydrogen) atoms. The first kappa shape index (κ1) is 29.6. The molecule has 0 aliphatic rings. The largest absolute Gasteiger partial charge is 1.00 e. The molecule has 158 valence electrons. The van der Waals surface area contributed by atoms with E-state index in [4.69, 9.17) is 10.8 Å². The Morgan fingerprint density at radius 1 is 0.741 bits per heavy atom. The Kier molecular flexibility index (Phi) is 24.9. The van der Waals surface area contributed by atoms with Gasteiger partial charge in [0.1, 0.15) is 6.04 Å². The van der Waals surface area contributed by atoms with Crippen LogP contribution in [0.25, 0.3) is 0 Å². The molecular formula is C23H48NNaO2. The molecule has 0 saturated carbocycles. The first-order chi connectivity index (χ1) is 12.6. The van der Waals surface area contributed by atoms with Gasteiger partial charge in [0.25, 0.3) is 0 Å². The van der Waals surface area contributed by atoms with Crippen molar-refractivity contribution in [2.45, 2.75) is 135 Å². The SMILES string of the molecule is CCCCCCCCCCCCCCCCCCCC(C)[C@H](N)C(=O)O.[H-].[Na+]. The standard InChI is InChI=1S/C23H47NO2.Na.H/c1-3-4-5-6-7-8-9-10-11-12-13-14-15-16-17-18-19-20-21(2)22(24)23(25)26;;/h21-22H,3-20,24H2,1-2H3,(H,25,26);;/q;+1;-1/t21?,22-;;/m0../s1. The molecule has 0 aromatic rings. The predicted octanol–water partition coefficient (Wildman–Crippen LogP) is 4.19. The van der Waals surface area contributed by atoms with E-state index in [2.05, 4.69) is 6.92 Å². The zero-order valence-electron chi connectivity index (χ0n) is 19.8. The van der Waals surface area contributed by atoms with E-state index in [0.717, 1.165) is 12.8 Å². The molecule has 0 bridgehead atoms. The number of unbranched alkanes of at least 4 members (excludes halogenated alkanes) is 16. The Labute approximate surface area is 193 Å². The maximum atomic E-state index is 10.8. The molecular weight excluding hydrogens is 345 g/mol. The van der Waals surface area contributed by atoms with Crippen LogP contribution in [-0.4, -0.2) is 17.1 Å². The zero-order chi connectivity index (χ0) is 19.5. The van der Waals surface area contributed by atoms with E-state index >= 15 is 0 Å². The normalized spacial score (nSPS) is 13.1.